The molecule has 11 nitrogen and oxygen atoms in total. The first-order chi connectivity index (χ1) is 21.4. The molecule has 244 valence electrons. The van der Waals surface area contributed by atoms with E-state index in [1.54, 1.807) is 0 Å². The highest BCUT2D eigenvalue weighted by molar-refractivity contribution is 7.80. The van der Waals surface area contributed by atoms with E-state index in [-0.39, 0.29) is 42.5 Å². The van der Waals surface area contributed by atoms with E-state index >= 15 is 0 Å². The molecule has 45 heavy (non-hydrogen) atoms. The SMILES string of the molecule is CC1=C(CCN)C(=O)N[C@@H]1Cc1[nH]c(Cc2[nH]c(/C=C3\NC(=O)[C@H](C)[C@H]3CCS)c(C)c2CCC(=O)O)c(CCC(=O)O)c1C. The normalized spacial score (nSPS) is 20.8. The fourth-order valence-corrected chi connectivity index (χ4v) is 6.98. The van der Waals surface area contributed by atoms with Gasteiger partial charge < -0.3 is 36.5 Å². The Bertz CT molecular complexity index is 1550. The number of amides is 2. The summed E-state index contributed by atoms with van der Waals surface area (Å²) in [4.78, 5) is 55.3. The highest BCUT2D eigenvalue weighted by Gasteiger charge is 2.35. The highest BCUT2D eigenvalue weighted by Crippen LogP contribution is 2.34. The zero-order valence-corrected chi connectivity index (χ0v) is 27.3. The molecule has 0 aliphatic carbocycles. The van der Waals surface area contributed by atoms with Gasteiger partial charge in [0.2, 0.25) is 11.8 Å². The number of nitrogens with two attached hydrogens (primary N) is 1. The van der Waals surface area contributed by atoms with E-state index in [1.165, 1.54) is 0 Å². The molecule has 1 saturated heterocycles. The van der Waals surface area contributed by atoms with Crippen molar-refractivity contribution in [1.29, 1.82) is 0 Å². The minimum atomic E-state index is -0.900. The van der Waals surface area contributed by atoms with Gasteiger partial charge in [-0.25, -0.2) is 0 Å². The first kappa shape index (κ1) is 34.1. The summed E-state index contributed by atoms with van der Waals surface area (Å²) in [6.45, 7) is 8.16. The van der Waals surface area contributed by atoms with Crippen LogP contribution in [-0.2, 0) is 44.9 Å². The van der Waals surface area contributed by atoms with Crippen molar-refractivity contribution in [3.05, 3.63) is 61.9 Å². The number of carboxylic acid groups (broad SMARTS) is 2. The highest BCUT2D eigenvalue weighted by atomic mass is 32.1. The minimum Gasteiger partial charge on any atom is -0.481 e. The molecule has 0 saturated carbocycles. The van der Waals surface area contributed by atoms with E-state index < -0.39 is 11.9 Å². The Morgan fingerprint density at radius 1 is 0.933 bits per heavy atom. The van der Waals surface area contributed by atoms with Gasteiger partial charge >= 0.3 is 11.9 Å². The Morgan fingerprint density at radius 2 is 1.56 bits per heavy atom. The zero-order chi connectivity index (χ0) is 33.0. The van der Waals surface area contributed by atoms with Crippen molar-refractivity contribution in [2.75, 3.05) is 12.3 Å². The predicted molar refractivity (Wildman–Crippen MR) is 175 cm³/mol. The number of thiol groups is 1. The van der Waals surface area contributed by atoms with Crippen LogP contribution in [0.5, 0.6) is 0 Å². The molecule has 0 radical (unpaired) electrons. The van der Waals surface area contributed by atoms with Crippen molar-refractivity contribution >= 4 is 42.5 Å². The third kappa shape index (κ3) is 7.55. The van der Waals surface area contributed by atoms with Gasteiger partial charge in [0.1, 0.15) is 0 Å². The first-order valence-electron chi connectivity index (χ1n) is 15.5. The summed E-state index contributed by atoms with van der Waals surface area (Å²) in [6.07, 6.45) is 4.69. The average molecular weight is 640 g/mol. The summed E-state index contributed by atoms with van der Waals surface area (Å²) in [7, 11) is 0. The molecule has 0 unspecified atom stereocenters. The van der Waals surface area contributed by atoms with Crippen LogP contribution in [0.15, 0.2) is 16.8 Å². The number of carboxylic acids is 2. The lowest BCUT2D eigenvalue weighted by molar-refractivity contribution is -0.138. The third-order valence-electron chi connectivity index (χ3n) is 9.41. The lowest BCUT2D eigenvalue weighted by Crippen LogP contribution is -2.30. The van der Waals surface area contributed by atoms with Gasteiger partial charge in [0.15, 0.2) is 0 Å². The molecule has 2 aromatic rings. The molecular formula is C33H45N5O6S. The number of aromatic amines is 2. The van der Waals surface area contributed by atoms with Gasteiger partial charge in [0.25, 0.3) is 0 Å². The second-order valence-electron chi connectivity index (χ2n) is 12.2. The summed E-state index contributed by atoms with van der Waals surface area (Å²) in [5.41, 5.74) is 15.3. The molecule has 0 aromatic carbocycles. The molecule has 3 atom stereocenters. The van der Waals surface area contributed by atoms with E-state index in [2.05, 4.69) is 33.2 Å². The molecule has 2 aromatic heterocycles. The smallest absolute Gasteiger partial charge is 0.303 e. The Hall–Kier alpha value is -3.77. The van der Waals surface area contributed by atoms with Crippen molar-refractivity contribution in [1.82, 2.24) is 20.6 Å². The molecule has 2 aliphatic heterocycles. The van der Waals surface area contributed by atoms with Crippen LogP contribution in [0, 0.1) is 25.7 Å². The Labute approximate surface area is 268 Å². The lowest BCUT2D eigenvalue weighted by atomic mass is 9.91. The average Bonchev–Trinajstić information content (AvgIpc) is 3.61. The van der Waals surface area contributed by atoms with Crippen LogP contribution in [0.1, 0.15) is 84.6 Å². The maximum Gasteiger partial charge on any atom is 0.303 e. The minimum absolute atomic E-state index is 0.0128. The van der Waals surface area contributed by atoms with Crippen LogP contribution in [0.2, 0.25) is 0 Å². The van der Waals surface area contributed by atoms with Gasteiger partial charge in [0, 0.05) is 71.6 Å². The maximum atomic E-state index is 12.6. The van der Waals surface area contributed by atoms with E-state index in [0.29, 0.717) is 50.0 Å². The summed E-state index contributed by atoms with van der Waals surface area (Å²) < 4.78 is 0. The Morgan fingerprint density at radius 3 is 2.16 bits per heavy atom. The third-order valence-corrected chi connectivity index (χ3v) is 9.67. The van der Waals surface area contributed by atoms with Crippen molar-refractivity contribution < 1.29 is 29.4 Å². The van der Waals surface area contributed by atoms with Crippen LogP contribution in [0.3, 0.4) is 0 Å². The van der Waals surface area contributed by atoms with Crippen LogP contribution >= 0.6 is 12.6 Å². The monoisotopic (exact) mass is 639 g/mol. The number of nitrogens with one attached hydrogen (secondary N) is 4. The molecule has 0 bridgehead atoms. The predicted octanol–water partition coefficient (Wildman–Crippen LogP) is 3.33. The summed E-state index contributed by atoms with van der Waals surface area (Å²) in [6, 6.07) is -0.192. The van der Waals surface area contributed by atoms with Gasteiger partial charge in [-0.2, -0.15) is 12.6 Å². The van der Waals surface area contributed by atoms with Crippen molar-refractivity contribution in [3.63, 3.8) is 0 Å². The molecule has 12 heteroatoms. The number of aliphatic carboxylic acids is 2. The summed E-state index contributed by atoms with van der Waals surface area (Å²) in [5, 5.41) is 25.0. The van der Waals surface area contributed by atoms with Crippen molar-refractivity contribution in [2.24, 2.45) is 17.6 Å². The molecule has 8 N–H and O–H groups in total. The molecule has 2 aliphatic rings. The van der Waals surface area contributed by atoms with E-state index in [4.69, 9.17) is 5.73 Å². The van der Waals surface area contributed by atoms with Gasteiger partial charge in [-0.05, 0) is 92.7 Å². The summed E-state index contributed by atoms with van der Waals surface area (Å²) >= 11 is 4.39. The van der Waals surface area contributed by atoms with Gasteiger partial charge in [0.05, 0.1) is 6.04 Å². The largest absolute Gasteiger partial charge is 0.481 e. The van der Waals surface area contributed by atoms with Crippen molar-refractivity contribution in [3.8, 4) is 0 Å². The molecule has 4 rings (SSSR count). The molecule has 2 amide bonds. The second kappa shape index (κ2) is 14.6. The zero-order valence-electron chi connectivity index (χ0n) is 26.4. The molecule has 0 spiro atoms. The molecule has 1 fully saturated rings. The van der Waals surface area contributed by atoms with Crippen LogP contribution in [0.25, 0.3) is 6.08 Å². The number of allylic oxidation sites excluding steroid dienone is 1. The van der Waals surface area contributed by atoms with Gasteiger partial charge in [-0.3, -0.25) is 19.2 Å². The fraction of sp³-hybridized carbons (Fsp3) is 0.515. The number of carbonyl (C=O) groups is 4. The fourth-order valence-electron chi connectivity index (χ4n) is 6.70. The van der Waals surface area contributed by atoms with E-state index in [0.717, 1.165) is 62.7 Å². The number of aromatic nitrogens is 2. The number of carbonyl (C=O) groups excluding carboxylic acids is 2. The first-order valence-corrected chi connectivity index (χ1v) is 16.2. The number of rotatable bonds is 15. The number of hydrogen-bond acceptors (Lipinski definition) is 6. The lowest BCUT2D eigenvalue weighted by Gasteiger charge is -2.12. The van der Waals surface area contributed by atoms with Crippen LogP contribution in [-0.4, -0.2) is 62.3 Å². The van der Waals surface area contributed by atoms with Gasteiger partial charge in [-0.15, -0.1) is 0 Å². The summed E-state index contributed by atoms with van der Waals surface area (Å²) in [5.74, 6) is -1.44. The van der Waals surface area contributed by atoms with Crippen LogP contribution < -0.4 is 16.4 Å². The number of hydrogen-bond donors (Lipinski definition) is 8. The number of H-pyrrole nitrogens is 2. The Balaban J connectivity index is 1.73. The Kier molecular flexibility index (Phi) is 11.0. The van der Waals surface area contributed by atoms with Crippen molar-refractivity contribution in [2.45, 2.75) is 85.1 Å². The topological polar surface area (TPSA) is 190 Å². The molecular weight excluding hydrogens is 594 g/mol. The van der Waals surface area contributed by atoms with Crippen LogP contribution in [0.4, 0.5) is 0 Å². The maximum absolute atomic E-state index is 12.6. The van der Waals surface area contributed by atoms with E-state index in [9.17, 15) is 29.4 Å². The second-order valence-corrected chi connectivity index (χ2v) is 12.6. The van der Waals surface area contributed by atoms with Gasteiger partial charge in [-0.1, -0.05) is 6.92 Å². The quantitative estimate of drug-likeness (QED) is 0.137. The van der Waals surface area contributed by atoms with E-state index in [1.807, 2.05) is 33.8 Å². The standard InChI is InChI=1S/C33H45N5O6S/c1-16-20(5-7-30(39)40)27(35-24(16)13-26-18(3)23(9-11-34)33(44)37-26)15-28-21(6-8-31(41)42)17(2)25(36-28)14-29-22(10-12-45)19(4)32(43)38-29/h14,19,22,26,35-36,45H,5-13,15,34H2,1-4H3,(H,37,44)(H,38,43)(H,39,40)(H,41,42)/b29-14-/t19-,22-,26-/m1/s1. The molecule has 4 heterocycles.